The topological polar surface area (TPSA) is 66.8 Å². The summed E-state index contributed by atoms with van der Waals surface area (Å²) in [6, 6.07) is 0. The van der Waals surface area contributed by atoms with Crippen molar-refractivity contribution in [1.29, 1.82) is 0 Å². The fourth-order valence-electron chi connectivity index (χ4n) is 0.870. The van der Waals surface area contributed by atoms with Gasteiger partial charge in [-0.2, -0.15) is 25.3 Å². The molecule has 84 valence electrons. The lowest BCUT2D eigenvalue weighted by Gasteiger charge is -2.21. The fourth-order valence-corrected chi connectivity index (χ4v) is 0.976. The highest BCUT2D eigenvalue weighted by atomic mass is 32.2. The zero-order valence-corrected chi connectivity index (χ0v) is 9.80. The first-order valence-electron chi connectivity index (χ1n) is 4.43. The van der Waals surface area contributed by atoms with E-state index in [1.807, 2.05) is 6.92 Å². The Bertz CT molecular complexity index is 182. The minimum absolute atomic E-state index is 0.000849. The molecule has 0 aromatic rings. The van der Waals surface area contributed by atoms with Gasteiger partial charge < -0.3 is 14.9 Å². The van der Waals surface area contributed by atoms with Crippen LogP contribution in [0, 0.1) is 0 Å². The molecule has 0 radical (unpaired) electrons. The first-order chi connectivity index (χ1) is 6.39. The third kappa shape index (κ3) is 6.53. The molecule has 6 heteroatoms. The first kappa shape index (κ1) is 14.1. The summed E-state index contributed by atoms with van der Waals surface area (Å²) in [4.78, 5) is 10.9. The molecule has 0 fully saturated rings. The minimum Gasteiger partial charge on any atom is -0.407 e. The first-order valence-corrected chi connectivity index (χ1v) is 5.46. The predicted octanol–water partition coefficient (Wildman–Crippen LogP) is 0.934. The Morgan fingerprint density at radius 3 is 2.43 bits per heavy atom. The summed E-state index contributed by atoms with van der Waals surface area (Å²) in [6.45, 7) is 1.99. The van der Waals surface area contributed by atoms with Crippen LogP contribution in [-0.4, -0.2) is 26.7 Å². The lowest BCUT2D eigenvalue weighted by Crippen LogP contribution is -2.36. The Morgan fingerprint density at radius 1 is 1.43 bits per heavy atom. The van der Waals surface area contributed by atoms with Gasteiger partial charge in [-0.3, -0.25) is 0 Å². The normalized spacial score (nSPS) is 11.9. The van der Waals surface area contributed by atoms with Gasteiger partial charge in [-0.15, -0.1) is 0 Å². The number of thiol groups is 2. The molecular weight excluding hydrogens is 224 g/mol. The second-order valence-corrected chi connectivity index (χ2v) is 4.44. The summed E-state index contributed by atoms with van der Waals surface area (Å²) < 4.78 is 3.41. The Kier molecular flexibility index (Phi) is 6.59. The van der Waals surface area contributed by atoms with Gasteiger partial charge in [-0.25, -0.2) is 4.79 Å². The molecule has 0 atom stereocenters. The summed E-state index contributed by atoms with van der Waals surface area (Å²) in [5.74, 6) is -3.26. The van der Waals surface area contributed by atoms with E-state index in [9.17, 15) is 15.0 Å². The zero-order chi connectivity index (χ0) is 11.2. The number of carbonyl (C=O) groups excluding carboxylic acids is 1. The van der Waals surface area contributed by atoms with Crippen molar-refractivity contribution in [3.8, 4) is 0 Å². The lowest BCUT2D eigenvalue weighted by atomic mass is 10.2. The summed E-state index contributed by atoms with van der Waals surface area (Å²) in [5.41, 5.74) is 0. The maximum absolute atomic E-state index is 10.9. The number of esters is 1. The number of hydrogen-bond acceptors (Lipinski definition) is 6. The van der Waals surface area contributed by atoms with E-state index in [1.54, 1.807) is 0 Å². The van der Waals surface area contributed by atoms with Gasteiger partial charge in [0, 0.05) is 6.42 Å². The minimum atomic E-state index is -2.39. The third-order valence-electron chi connectivity index (χ3n) is 1.58. The molecule has 0 saturated heterocycles. The molecular formula is C8H16O4S2. The molecule has 2 N–H and O–H groups in total. The van der Waals surface area contributed by atoms with Crippen LogP contribution in [0.1, 0.15) is 32.6 Å². The number of hydrogen-bond donors (Lipinski definition) is 4. The van der Waals surface area contributed by atoms with Crippen LogP contribution in [0.25, 0.3) is 0 Å². The fraction of sp³-hybridized carbons (Fsp3) is 0.875. The van der Waals surface area contributed by atoms with Crippen LogP contribution < -0.4 is 0 Å². The molecule has 0 bridgehead atoms. The van der Waals surface area contributed by atoms with E-state index in [0.717, 1.165) is 12.8 Å². The second-order valence-electron chi connectivity index (χ2n) is 3.00. The van der Waals surface area contributed by atoms with Crippen molar-refractivity contribution in [2.75, 3.05) is 0 Å². The molecule has 0 spiro atoms. The quantitative estimate of drug-likeness (QED) is 0.241. The van der Waals surface area contributed by atoms with E-state index in [-0.39, 0.29) is 6.42 Å². The molecule has 0 amide bonds. The number of ether oxygens (including phenoxy) is 1. The van der Waals surface area contributed by atoms with Gasteiger partial charge in [-0.05, 0) is 6.42 Å². The van der Waals surface area contributed by atoms with Crippen LogP contribution in [-0.2, 0) is 9.53 Å². The van der Waals surface area contributed by atoms with Crippen LogP contribution in [0.5, 0.6) is 0 Å². The van der Waals surface area contributed by atoms with E-state index >= 15 is 0 Å². The molecule has 4 nitrogen and oxygen atoms in total. The summed E-state index contributed by atoms with van der Waals surface area (Å²) >= 11 is 7.36. The summed E-state index contributed by atoms with van der Waals surface area (Å²) in [6.07, 6.45) is 2.39. The summed E-state index contributed by atoms with van der Waals surface area (Å²) in [7, 11) is 0. The zero-order valence-electron chi connectivity index (χ0n) is 8.01. The van der Waals surface area contributed by atoms with Gasteiger partial charge >= 0.3 is 11.9 Å². The van der Waals surface area contributed by atoms with Gasteiger partial charge in [-0.1, -0.05) is 19.8 Å². The van der Waals surface area contributed by atoms with Crippen LogP contribution in [0.15, 0.2) is 0 Å². The molecule has 0 aliphatic rings. The number of aliphatic hydroxyl groups is 2. The van der Waals surface area contributed by atoms with E-state index in [1.165, 1.54) is 0 Å². The van der Waals surface area contributed by atoms with Crippen LogP contribution in [0.3, 0.4) is 0 Å². The molecule has 0 aliphatic heterocycles. The monoisotopic (exact) mass is 240 g/mol. The van der Waals surface area contributed by atoms with Gasteiger partial charge in [0.05, 0.1) is 0 Å². The molecule has 0 saturated carbocycles. The highest BCUT2D eigenvalue weighted by molar-refractivity contribution is 8.00. The van der Waals surface area contributed by atoms with Crippen molar-refractivity contribution >= 4 is 31.2 Å². The third-order valence-corrected chi connectivity index (χ3v) is 2.00. The lowest BCUT2D eigenvalue weighted by molar-refractivity contribution is -0.321. The van der Waals surface area contributed by atoms with E-state index in [2.05, 4.69) is 30.0 Å². The van der Waals surface area contributed by atoms with Gasteiger partial charge in [0.15, 0.2) is 0 Å². The van der Waals surface area contributed by atoms with Gasteiger partial charge in [0.2, 0.25) is 0 Å². The smallest absolute Gasteiger partial charge is 0.333 e. The Balaban J connectivity index is 3.87. The second kappa shape index (κ2) is 6.55. The van der Waals surface area contributed by atoms with Crippen molar-refractivity contribution in [3.05, 3.63) is 0 Å². The predicted molar refractivity (Wildman–Crippen MR) is 59.2 cm³/mol. The highest BCUT2D eigenvalue weighted by Crippen LogP contribution is 2.16. The van der Waals surface area contributed by atoms with Crippen molar-refractivity contribution in [2.24, 2.45) is 0 Å². The van der Waals surface area contributed by atoms with Crippen molar-refractivity contribution in [3.63, 3.8) is 0 Å². The van der Waals surface area contributed by atoms with Crippen LogP contribution >= 0.6 is 25.3 Å². The largest absolute Gasteiger partial charge is 0.407 e. The van der Waals surface area contributed by atoms with E-state index in [4.69, 9.17) is 0 Å². The molecule has 0 rings (SSSR count). The molecule has 0 aromatic heterocycles. The number of carbonyl (C=O) groups is 1. The van der Waals surface area contributed by atoms with Crippen molar-refractivity contribution in [1.82, 2.24) is 0 Å². The van der Waals surface area contributed by atoms with Crippen LogP contribution in [0.2, 0.25) is 0 Å². The summed E-state index contributed by atoms with van der Waals surface area (Å²) in [5, 5.41) is 18.4. The molecule has 0 heterocycles. The average molecular weight is 240 g/mol. The van der Waals surface area contributed by atoms with Crippen LogP contribution in [0.4, 0.5) is 0 Å². The maximum atomic E-state index is 10.9. The van der Waals surface area contributed by atoms with Gasteiger partial charge in [0.1, 0.15) is 4.58 Å². The van der Waals surface area contributed by atoms with Crippen molar-refractivity contribution < 1.29 is 19.7 Å². The van der Waals surface area contributed by atoms with E-state index in [0.29, 0.717) is 6.42 Å². The Hall–Kier alpha value is 0.0900. The number of rotatable bonds is 6. The molecule has 0 aromatic carbocycles. The maximum Gasteiger partial charge on any atom is 0.333 e. The Labute approximate surface area is 94.5 Å². The molecule has 14 heavy (non-hydrogen) atoms. The Morgan fingerprint density at radius 2 is 2.00 bits per heavy atom. The average Bonchev–Trinajstić information content (AvgIpc) is 2.03. The highest BCUT2D eigenvalue weighted by Gasteiger charge is 2.29. The molecule has 0 aliphatic carbocycles. The van der Waals surface area contributed by atoms with Gasteiger partial charge in [0.25, 0.3) is 0 Å². The number of unbranched alkanes of at least 4 members (excludes halogenated alkanes) is 2. The van der Waals surface area contributed by atoms with Crippen molar-refractivity contribution in [2.45, 2.75) is 43.2 Å². The standard InChI is InChI=1S/C8H16O4S2/c1-2-3-4-5-8(10,11)12-6(9)7(13)14/h7,10-11,13-14H,2-5H2,1H3. The van der Waals surface area contributed by atoms with E-state index < -0.39 is 16.5 Å². The SMILES string of the molecule is CCCCCC(O)(O)OC(=O)C(S)S. The molecule has 0 unspecified atom stereocenters.